The van der Waals surface area contributed by atoms with E-state index in [0.29, 0.717) is 0 Å². The highest BCUT2D eigenvalue weighted by atomic mass is 19.1. The van der Waals surface area contributed by atoms with E-state index in [1.165, 1.54) is 12.1 Å². The Balaban J connectivity index is 2.44. The van der Waals surface area contributed by atoms with Gasteiger partial charge in [-0.25, -0.2) is 9.37 Å². The van der Waals surface area contributed by atoms with E-state index in [1.807, 2.05) is 10.8 Å². The number of hydrogen-bond donors (Lipinski definition) is 0. The monoisotopic (exact) mass is 190 g/mol. The predicted octanol–water partition coefficient (Wildman–Crippen LogP) is 2.71. The Morgan fingerprint density at radius 1 is 1.29 bits per heavy atom. The average Bonchev–Trinajstić information content (AvgIpc) is 2.67. The third-order valence-corrected chi connectivity index (χ3v) is 2.16. The fraction of sp³-hybridized carbons (Fsp3) is 0.182. The molecule has 2 aromatic rings. The van der Waals surface area contributed by atoms with Gasteiger partial charge in [0.1, 0.15) is 11.6 Å². The molecular weight excluding hydrogens is 179 g/mol. The summed E-state index contributed by atoms with van der Waals surface area (Å²) in [5.74, 6) is 0.663. The standard InChI is InChI=1S/C11H11FN2/c1-2-14-8-7-13-11(14)9-3-5-10(12)6-4-9/h3-8H,2H2,1H3. The Bertz CT molecular complexity index is 417. The summed E-state index contributed by atoms with van der Waals surface area (Å²) in [5, 5.41) is 0. The molecule has 14 heavy (non-hydrogen) atoms. The zero-order valence-corrected chi connectivity index (χ0v) is 7.94. The van der Waals surface area contributed by atoms with Crippen LogP contribution in [0.15, 0.2) is 36.7 Å². The molecule has 0 aliphatic carbocycles. The molecule has 1 heterocycles. The third-order valence-electron chi connectivity index (χ3n) is 2.16. The van der Waals surface area contributed by atoms with Crippen molar-refractivity contribution in [3.63, 3.8) is 0 Å². The maximum Gasteiger partial charge on any atom is 0.139 e. The van der Waals surface area contributed by atoms with Gasteiger partial charge in [0.25, 0.3) is 0 Å². The summed E-state index contributed by atoms with van der Waals surface area (Å²) >= 11 is 0. The molecule has 0 spiro atoms. The van der Waals surface area contributed by atoms with Crippen molar-refractivity contribution in [1.82, 2.24) is 9.55 Å². The number of benzene rings is 1. The molecule has 0 atom stereocenters. The summed E-state index contributed by atoms with van der Waals surface area (Å²) in [6, 6.07) is 6.38. The number of aryl methyl sites for hydroxylation is 1. The van der Waals surface area contributed by atoms with Crippen LogP contribution in [0.4, 0.5) is 4.39 Å². The van der Waals surface area contributed by atoms with Crippen molar-refractivity contribution in [1.29, 1.82) is 0 Å². The minimum atomic E-state index is -0.219. The number of nitrogens with zero attached hydrogens (tertiary/aromatic N) is 2. The Morgan fingerprint density at radius 3 is 2.64 bits per heavy atom. The van der Waals surface area contributed by atoms with Crippen molar-refractivity contribution in [2.45, 2.75) is 13.5 Å². The molecule has 0 saturated heterocycles. The molecule has 2 nitrogen and oxygen atoms in total. The number of hydrogen-bond acceptors (Lipinski definition) is 1. The van der Waals surface area contributed by atoms with Gasteiger partial charge in [0, 0.05) is 24.5 Å². The van der Waals surface area contributed by atoms with E-state index in [0.717, 1.165) is 17.9 Å². The van der Waals surface area contributed by atoms with Crippen LogP contribution in [-0.2, 0) is 6.54 Å². The average molecular weight is 190 g/mol. The topological polar surface area (TPSA) is 17.8 Å². The molecule has 1 aromatic heterocycles. The van der Waals surface area contributed by atoms with Crippen molar-refractivity contribution in [2.75, 3.05) is 0 Å². The summed E-state index contributed by atoms with van der Waals surface area (Å²) in [5.41, 5.74) is 0.943. The number of imidazole rings is 1. The van der Waals surface area contributed by atoms with E-state index < -0.39 is 0 Å². The second-order valence-corrected chi connectivity index (χ2v) is 3.04. The van der Waals surface area contributed by atoms with Crippen molar-refractivity contribution >= 4 is 0 Å². The maximum absolute atomic E-state index is 12.7. The molecule has 0 saturated carbocycles. The quantitative estimate of drug-likeness (QED) is 0.712. The Labute approximate surface area is 82.0 Å². The van der Waals surface area contributed by atoms with Crippen molar-refractivity contribution in [3.8, 4) is 11.4 Å². The second kappa shape index (κ2) is 3.62. The first kappa shape index (κ1) is 8.94. The van der Waals surface area contributed by atoms with Crippen LogP contribution in [0.3, 0.4) is 0 Å². The number of rotatable bonds is 2. The summed E-state index contributed by atoms with van der Waals surface area (Å²) in [6.45, 7) is 2.92. The number of halogens is 1. The lowest BCUT2D eigenvalue weighted by Gasteiger charge is -2.03. The van der Waals surface area contributed by atoms with Gasteiger partial charge < -0.3 is 4.57 Å². The van der Waals surface area contributed by atoms with Crippen molar-refractivity contribution in [2.24, 2.45) is 0 Å². The smallest absolute Gasteiger partial charge is 0.139 e. The molecule has 72 valence electrons. The SMILES string of the molecule is CCn1ccnc1-c1ccc(F)cc1. The highest BCUT2D eigenvalue weighted by Gasteiger charge is 2.03. The zero-order chi connectivity index (χ0) is 9.97. The van der Waals surface area contributed by atoms with Crippen LogP contribution in [0.1, 0.15) is 6.92 Å². The second-order valence-electron chi connectivity index (χ2n) is 3.04. The summed E-state index contributed by atoms with van der Waals surface area (Å²) in [4.78, 5) is 4.23. The van der Waals surface area contributed by atoms with E-state index in [-0.39, 0.29) is 5.82 Å². The van der Waals surface area contributed by atoms with Crippen LogP contribution in [0, 0.1) is 5.82 Å². The van der Waals surface area contributed by atoms with Crippen LogP contribution in [0.2, 0.25) is 0 Å². The normalized spacial score (nSPS) is 10.4. The van der Waals surface area contributed by atoms with E-state index in [1.54, 1.807) is 18.3 Å². The van der Waals surface area contributed by atoms with Gasteiger partial charge in [-0.05, 0) is 31.2 Å². The van der Waals surface area contributed by atoms with Gasteiger partial charge in [-0.1, -0.05) is 0 Å². The van der Waals surface area contributed by atoms with Gasteiger partial charge in [0.05, 0.1) is 0 Å². The summed E-state index contributed by atoms with van der Waals surface area (Å²) in [6.07, 6.45) is 3.67. The van der Waals surface area contributed by atoms with Gasteiger partial charge in [0.2, 0.25) is 0 Å². The van der Waals surface area contributed by atoms with Gasteiger partial charge in [-0.15, -0.1) is 0 Å². The molecule has 3 heteroatoms. The molecule has 0 bridgehead atoms. The summed E-state index contributed by atoms with van der Waals surface area (Å²) in [7, 11) is 0. The van der Waals surface area contributed by atoms with Gasteiger partial charge >= 0.3 is 0 Å². The fourth-order valence-corrected chi connectivity index (χ4v) is 1.42. The molecule has 0 aliphatic rings. The molecule has 0 amide bonds. The maximum atomic E-state index is 12.7. The Kier molecular flexibility index (Phi) is 2.31. The first-order chi connectivity index (χ1) is 6.81. The molecule has 0 unspecified atom stereocenters. The lowest BCUT2D eigenvalue weighted by Crippen LogP contribution is -1.95. The Morgan fingerprint density at radius 2 is 2.00 bits per heavy atom. The van der Waals surface area contributed by atoms with E-state index in [9.17, 15) is 4.39 Å². The van der Waals surface area contributed by atoms with Gasteiger partial charge in [0.15, 0.2) is 0 Å². The first-order valence-electron chi connectivity index (χ1n) is 4.58. The van der Waals surface area contributed by atoms with Crippen LogP contribution in [-0.4, -0.2) is 9.55 Å². The predicted molar refractivity (Wildman–Crippen MR) is 53.3 cm³/mol. The minimum Gasteiger partial charge on any atom is -0.331 e. The number of aromatic nitrogens is 2. The molecule has 2 rings (SSSR count). The lowest BCUT2D eigenvalue weighted by atomic mass is 10.2. The van der Waals surface area contributed by atoms with E-state index in [2.05, 4.69) is 11.9 Å². The molecule has 0 fully saturated rings. The van der Waals surface area contributed by atoms with Crippen molar-refractivity contribution < 1.29 is 4.39 Å². The molecular formula is C11H11FN2. The lowest BCUT2D eigenvalue weighted by molar-refractivity contribution is 0.628. The molecule has 0 aliphatic heterocycles. The molecule has 0 N–H and O–H groups in total. The van der Waals surface area contributed by atoms with Crippen LogP contribution in [0.5, 0.6) is 0 Å². The van der Waals surface area contributed by atoms with Gasteiger partial charge in [-0.2, -0.15) is 0 Å². The van der Waals surface area contributed by atoms with E-state index >= 15 is 0 Å². The van der Waals surface area contributed by atoms with Gasteiger partial charge in [-0.3, -0.25) is 0 Å². The van der Waals surface area contributed by atoms with Crippen LogP contribution < -0.4 is 0 Å². The Hall–Kier alpha value is -1.64. The van der Waals surface area contributed by atoms with Crippen molar-refractivity contribution in [3.05, 3.63) is 42.5 Å². The fourth-order valence-electron chi connectivity index (χ4n) is 1.42. The van der Waals surface area contributed by atoms with E-state index in [4.69, 9.17) is 0 Å². The summed E-state index contributed by atoms with van der Waals surface area (Å²) < 4.78 is 14.7. The molecule has 0 radical (unpaired) electrons. The highest BCUT2D eigenvalue weighted by molar-refractivity contribution is 5.55. The highest BCUT2D eigenvalue weighted by Crippen LogP contribution is 2.17. The first-order valence-corrected chi connectivity index (χ1v) is 4.58. The van der Waals surface area contributed by atoms with Crippen LogP contribution >= 0.6 is 0 Å². The third kappa shape index (κ3) is 1.53. The largest absolute Gasteiger partial charge is 0.331 e. The zero-order valence-electron chi connectivity index (χ0n) is 7.94. The minimum absolute atomic E-state index is 0.219. The molecule has 1 aromatic carbocycles. The van der Waals surface area contributed by atoms with Crippen LogP contribution in [0.25, 0.3) is 11.4 Å².